The molecule has 0 bridgehead atoms. The molecule has 10 nitrogen and oxygen atoms in total. The molecule has 3 aromatic carbocycles. The normalized spacial score (nSPS) is 10.9. The Hall–Kier alpha value is -5.06. The topological polar surface area (TPSA) is 114 Å². The van der Waals surface area contributed by atoms with E-state index < -0.39 is 0 Å². The van der Waals surface area contributed by atoms with Gasteiger partial charge in [-0.3, -0.25) is 0 Å². The number of hydrazone groups is 1. The quantitative estimate of drug-likeness (QED) is 0.102. The molecule has 0 radical (unpaired) electrons. The van der Waals surface area contributed by atoms with Crippen LogP contribution in [0, 0.1) is 0 Å². The predicted octanol–water partition coefficient (Wildman–Crippen LogP) is 7.35. The number of hydrogen-bond acceptors (Lipinski definition) is 9. The first-order chi connectivity index (χ1) is 20.6. The molecule has 3 heterocycles. The van der Waals surface area contributed by atoms with Crippen LogP contribution in [-0.4, -0.2) is 32.8 Å². The summed E-state index contributed by atoms with van der Waals surface area (Å²) in [5, 5.41) is 12.6. The number of para-hydroxylation sites is 1. The van der Waals surface area contributed by atoms with Crippen LogP contribution >= 0.6 is 24.0 Å². The number of rotatable bonds is 11. The highest BCUT2D eigenvalue weighted by Crippen LogP contribution is 2.23. The van der Waals surface area contributed by atoms with E-state index in [4.69, 9.17) is 20.8 Å². The lowest BCUT2D eigenvalue weighted by molar-refractivity contribution is 0.415. The Morgan fingerprint density at radius 1 is 0.907 bits per heavy atom. The minimum Gasteiger partial charge on any atom is -0.497 e. The van der Waals surface area contributed by atoms with E-state index in [0.717, 1.165) is 44.2 Å². The first kappa shape index (κ1) is 29.4. The Bertz CT molecular complexity index is 1810. The lowest BCUT2D eigenvalue weighted by atomic mass is 10.2. The van der Waals surface area contributed by atoms with Crippen molar-refractivity contribution in [3.63, 3.8) is 0 Å². The van der Waals surface area contributed by atoms with Crippen LogP contribution in [-0.2, 0) is 13.1 Å². The van der Waals surface area contributed by atoms with Gasteiger partial charge in [0.2, 0.25) is 17.8 Å². The monoisotopic (exact) mass is 614 g/mol. The number of ether oxygens (including phenoxy) is 1. The van der Waals surface area contributed by atoms with Crippen molar-refractivity contribution in [1.29, 1.82) is 0 Å². The van der Waals surface area contributed by atoms with Crippen LogP contribution in [0.25, 0.3) is 10.9 Å². The van der Waals surface area contributed by atoms with E-state index in [1.165, 1.54) is 0 Å². The first-order valence-electron chi connectivity index (χ1n) is 13.2. The fourth-order valence-corrected chi connectivity index (χ4v) is 4.52. The van der Waals surface area contributed by atoms with Crippen LogP contribution in [0.2, 0.25) is 5.02 Å². The lowest BCUT2D eigenvalue weighted by Gasteiger charge is -2.10. The zero-order valence-electron chi connectivity index (χ0n) is 23.1. The average molecular weight is 616 g/mol. The number of aromatic nitrogens is 4. The maximum atomic E-state index is 6.07. The minimum atomic E-state index is 0. The number of nitrogens with zero attached hydrogens (tertiary/aromatic N) is 5. The number of benzene rings is 3. The molecular weight excluding hydrogens is 587 g/mol. The van der Waals surface area contributed by atoms with Gasteiger partial charge >= 0.3 is 0 Å². The third kappa shape index (κ3) is 7.42. The highest BCUT2D eigenvalue weighted by atomic mass is 35.5. The number of hydrogen-bond donors (Lipinski definition) is 3. The summed E-state index contributed by atoms with van der Waals surface area (Å²) < 4.78 is 12.9. The van der Waals surface area contributed by atoms with Crippen LogP contribution < -0.4 is 20.8 Å². The summed E-state index contributed by atoms with van der Waals surface area (Å²) in [6, 6.07) is 27.2. The number of fused-ring (bicyclic) bond motifs is 1. The Morgan fingerprint density at radius 2 is 1.67 bits per heavy atom. The van der Waals surface area contributed by atoms with Crippen molar-refractivity contribution in [2.45, 2.75) is 13.1 Å². The molecule has 0 atom stereocenters. The fraction of sp³-hybridized carbons (Fsp3) is 0.0968. The molecule has 0 aliphatic carbocycles. The van der Waals surface area contributed by atoms with Crippen LogP contribution in [0.4, 0.5) is 23.5 Å². The molecule has 6 aromatic rings. The molecule has 43 heavy (non-hydrogen) atoms. The van der Waals surface area contributed by atoms with Gasteiger partial charge in [0.05, 0.1) is 26.1 Å². The molecule has 218 valence electrons. The van der Waals surface area contributed by atoms with Gasteiger partial charge in [-0.25, -0.2) is 5.43 Å². The molecule has 3 aromatic heterocycles. The summed E-state index contributed by atoms with van der Waals surface area (Å²) in [6.45, 7) is 1.12. The van der Waals surface area contributed by atoms with E-state index in [9.17, 15) is 0 Å². The second kappa shape index (κ2) is 13.7. The van der Waals surface area contributed by atoms with E-state index in [-0.39, 0.29) is 18.4 Å². The Morgan fingerprint density at radius 3 is 2.44 bits per heavy atom. The van der Waals surface area contributed by atoms with Crippen molar-refractivity contribution in [2.75, 3.05) is 23.2 Å². The molecule has 0 saturated heterocycles. The van der Waals surface area contributed by atoms with Gasteiger partial charge in [-0.15, -0.1) is 12.4 Å². The Kier molecular flexibility index (Phi) is 9.40. The van der Waals surface area contributed by atoms with Crippen molar-refractivity contribution < 1.29 is 9.15 Å². The second-order valence-corrected chi connectivity index (χ2v) is 9.76. The summed E-state index contributed by atoms with van der Waals surface area (Å²) in [4.78, 5) is 13.5. The molecule has 3 N–H and O–H groups in total. The van der Waals surface area contributed by atoms with Gasteiger partial charge in [0.25, 0.3) is 0 Å². The Balaban J connectivity index is 0.00000368. The minimum absolute atomic E-state index is 0. The number of methoxy groups -OCH3 is 1. The SMILES string of the molecule is COc1ccc(Nc2nc(NCc3ccco3)nc(NN=Cc3cn(Cc4ccc(Cl)cc4)c4ccccc34)n2)cc1.Cl. The summed E-state index contributed by atoms with van der Waals surface area (Å²) in [6.07, 6.45) is 5.46. The summed E-state index contributed by atoms with van der Waals surface area (Å²) >= 11 is 6.07. The smallest absolute Gasteiger partial charge is 0.250 e. The van der Waals surface area contributed by atoms with Crippen molar-refractivity contribution in [2.24, 2.45) is 5.10 Å². The van der Waals surface area contributed by atoms with Crippen LogP contribution in [0.5, 0.6) is 5.75 Å². The van der Waals surface area contributed by atoms with Crippen LogP contribution in [0.3, 0.4) is 0 Å². The summed E-state index contributed by atoms with van der Waals surface area (Å²) in [5.41, 5.74) is 6.96. The van der Waals surface area contributed by atoms with E-state index in [2.05, 4.69) is 59.0 Å². The molecule has 0 fully saturated rings. The Labute approximate surface area is 259 Å². The third-order valence-electron chi connectivity index (χ3n) is 6.44. The predicted molar refractivity (Wildman–Crippen MR) is 173 cm³/mol. The summed E-state index contributed by atoms with van der Waals surface area (Å²) in [7, 11) is 1.63. The van der Waals surface area contributed by atoms with Gasteiger partial charge in [0.15, 0.2) is 0 Å². The van der Waals surface area contributed by atoms with Crippen molar-refractivity contribution in [3.05, 3.63) is 119 Å². The van der Waals surface area contributed by atoms with Crippen molar-refractivity contribution in [1.82, 2.24) is 19.5 Å². The molecule has 6 rings (SSSR count). The molecule has 12 heteroatoms. The third-order valence-corrected chi connectivity index (χ3v) is 6.69. The van der Waals surface area contributed by atoms with Gasteiger partial charge in [0.1, 0.15) is 11.5 Å². The standard InChI is InChI=1S/C31H27ClN8O2.ClH/c1-41-25-14-12-24(13-15-25)35-30-36-29(33-18-26-5-4-16-42-26)37-31(38-30)39-34-17-22-20-40(28-7-3-2-6-27(22)28)19-21-8-10-23(32)11-9-21;/h2-17,20H,18-19H2,1H3,(H3,33,35,36,37,38,39);1H. The lowest BCUT2D eigenvalue weighted by Crippen LogP contribution is -2.09. The van der Waals surface area contributed by atoms with E-state index in [0.29, 0.717) is 25.0 Å². The van der Waals surface area contributed by atoms with Crippen LogP contribution in [0.1, 0.15) is 16.9 Å². The molecular formula is C31H28Cl2N8O2. The molecule has 0 aliphatic rings. The fourth-order valence-electron chi connectivity index (χ4n) is 4.40. The number of anilines is 4. The number of halogens is 2. The van der Waals surface area contributed by atoms with Crippen LogP contribution in [0.15, 0.2) is 107 Å². The first-order valence-corrected chi connectivity index (χ1v) is 13.6. The largest absolute Gasteiger partial charge is 0.497 e. The van der Waals surface area contributed by atoms with Gasteiger partial charge < -0.3 is 24.4 Å². The van der Waals surface area contributed by atoms with Gasteiger partial charge in [-0.1, -0.05) is 41.9 Å². The van der Waals surface area contributed by atoms with E-state index in [1.807, 2.05) is 72.8 Å². The zero-order chi connectivity index (χ0) is 28.7. The molecule has 0 aliphatic heterocycles. The molecule has 0 amide bonds. The van der Waals surface area contributed by atoms with E-state index >= 15 is 0 Å². The number of furan rings is 1. The maximum absolute atomic E-state index is 6.07. The van der Waals surface area contributed by atoms with E-state index in [1.54, 1.807) is 19.6 Å². The average Bonchev–Trinajstić information content (AvgIpc) is 3.66. The van der Waals surface area contributed by atoms with Gasteiger partial charge in [-0.05, 0) is 60.2 Å². The molecule has 0 unspecified atom stereocenters. The molecule has 0 saturated carbocycles. The van der Waals surface area contributed by atoms with Crippen molar-refractivity contribution >= 4 is 64.7 Å². The number of nitrogens with one attached hydrogen (secondary N) is 3. The molecule has 0 spiro atoms. The second-order valence-electron chi connectivity index (χ2n) is 9.32. The summed E-state index contributed by atoms with van der Waals surface area (Å²) in [5.74, 6) is 2.47. The maximum Gasteiger partial charge on any atom is 0.250 e. The highest BCUT2D eigenvalue weighted by Gasteiger charge is 2.10. The zero-order valence-corrected chi connectivity index (χ0v) is 24.6. The van der Waals surface area contributed by atoms with Crippen molar-refractivity contribution in [3.8, 4) is 5.75 Å². The highest BCUT2D eigenvalue weighted by molar-refractivity contribution is 6.30. The van der Waals surface area contributed by atoms with Gasteiger partial charge in [0, 0.05) is 39.9 Å². The van der Waals surface area contributed by atoms with Gasteiger partial charge in [-0.2, -0.15) is 20.1 Å².